The van der Waals surface area contributed by atoms with Gasteiger partial charge in [-0.25, -0.2) is 5.43 Å². The zero-order valence-corrected chi connectivity index (χ0v) is 16.9. The Balaban J connectivity index is 1.65. The van der Waals surface area contributed by atoms with Gasteiger partial charge in [-0.15, -0.1) is 0 Å². The number of ether oxygens (including phenoxy) is 1. The summed E-state index contributed by atoms with van der Waals surface area (Å²) in [4.78, 5) is 23.6. The first kappa shape index (κ1) is 21.7. The molecule has 2 aromatic carbocycles. The van der Waals surface area contributed by atoms with Crippen LogP contribution in [0.3, 0.4) is 0 Å². The van der Waals surface area contributed by atoms with Crippen LogP contribution in [0.4, 0.5) is 0 Å². The van der Waals surface area contributed by atoms with Gasteiger partial charge in [0.2, 0.25) is 5.91 Å². The first-order chi connectivity index (χ1) is 13.5. The topological polar surface area (TPSA) is 79.8 Å². The predicted octanol–water partition coefficient (Wildman–Crippen LogP) is 3.59. The molecule has 2 aromatic rings. The van der Waals surface area contributed by atoms with Crippen molar-refractivity contribution in [2.75, 3.05) is 13.7 Å². The van der Waals surface area contributed by atoms with Gasteiger partial charge in [0.1, 0.15) is 5.75 Å². The number of nitrogens with zero attached hydrogens (tertiary/aromatic N) is 1. The molecule has 0 spiro atoms. The van der Waals surface area contributed by atoms with Gasteiger partial charge in [-0.1, -0.05) is 47.5 Å². The van der Waals surface area contributed by atoms with Crippen LogP contribution >= 0.6 is 23.2 Å². The standard InChI is InChI=1S/C20H21Cl2N3O3/c1-28-16-10-8-14(9-11-16)4-2-7-18(26)23-13-19(27)25-24-12-15-5-3-6-17(21)20(15)22/h3,5-6,8-12H,2,4,7,13H2,1H3,(H,23,26)(H,25,27). The summed E-state index contributed by atoms with van der Waals surface area (Å²) in [5, 5.41) is 7.13. The Labute approximate surface area is 173 Å². The molecular formula is C20H21Cl2N3O3. The Hall–Kier alpha value is -2.57. The van der Waals surface area contributed by atoms with E-state index in [1.54, 1.807) is 25.3 Å². The quantitative estimate of drug-likeness (QED) is 0.479. The van der Waals surface area contributed by atoms with Gasteiger partial charge in [0.05, 0.1) is 29.9 Å². The van der Waals surface area contributed by atoms with Crippen molar-refractivity contribution in [2.24, 2.45) is 5.10 Å². The summed E-state index contributed by atoms with van der Waals surface area (Å²) >= 11 is 11.9. The molecule has 0 aliphatic rings. The van der Waals surface area contributed by atoms with Crippen LogP contribution in [0, 0.1) is 0 Å². The molecule has 8 heteroatoms. The molecular weight excluding hydrogens is 401 g/mol. The number of hydrogen-bond donors (Lipinski definition) is 2. The largest absolute Gasteiger partial charge is 0.497 e. The van der Waals surface area contributed by atoms with Crippen LogP contribution in [0.15, 0.2) is 47.6 Å². The summed E-state index contributed by atoms with van der Waals surface area (Å²) in [6, 6.07) is 12.8. The van der Waals surface area contributed by atoms with Crippen LogP contribution in [0.1, 0.15) is 24.0 Å². The second-order valence-electron chi connectivity index (χ2n) is 5.91. The maximum atomic E-state index is 11.8. The van der Waals surface area contributed by atoms with Gasteiger partial charge in [0.25, 0.3) is 5.91 Å². The molecule has 0 aromatic heterocycles. The Kier molecular flexibility index (Phi) is 8.78. The second-order valence-corrected chi connectivity index (χ2v) is 6.70. The Bertz CT molecular complexity index is 839. The fraction of sp³-hybridized carbons (Fsp3) is 0.250. The van der Waals surface area contributed by atoms with Crippen LogP contribution in [0.2, 0.25) is 10.0 Å². The third kappa shape index (κ3) is 7.21. The van der Waals surface area contributed by atoms with E-state index >= 15 is 0 Å². The van der Waals surface area contributed by atoms with Crippen molar-refractivity contribution in [3.63, 3.8) is 0 Å². The lowest BCUT2D eigenvalue weighted by Crippen LogP contribution is -2.34. The minimum absolute atomic E-state index is 0.151. The molecule has 2 rings (SSSR count). The van der Waals surface area contributed by atoms with Crippen LogP contribution in [-0.2, 0) is 16.0 Å². The average molecular weight is 422 g/mol. The zero-order valence-electron chi connectivity index (χ0n) is 15.4. The normalized spacial score (nSPS) is 10.7. The number of halogens is 2. The summed E-state index contributed by atoms with van der Waals surface area (Å²) in [6.07, 6.45) is 3.18. The van der Waals surface area contributed by atoms with Crippen molar-refractivity contribution in [2.45, 2.75) is 19.3 Å². The summed E-state index contributed by atoms with van der Waals surface area (Å²) in [6.45, 7) is -0.151. The highest BCUT2D eigenvalue weighted by atomic mass is 35.5. The SMILES string of the molecule is COc1ccc(CCCC(=O)NCC(=O)NN=Cc2cccc(Cl)c2Cl)cc1. The van der Waals surface area contributed by atoms with Crippen LogP contribution in [0.5, 0.6) is 5.75 Å². The number of carbonyl (C=O) groups is 2. The molecule has 0 saturated carbocycles. The lowest BCUT2D eigenvalue weighted by atomic mass is 10.1. The summed E-state index contributed by atoms with van der Waals surface area (Å²) in [5.74, 6) is 0.177. The molecule has 2 N–H and O–H groups in total. The maximum Gasteiger partial charge on any atom is 0.259 e. The van der Waals surface area contributed by atoms with E-state index in [0.29, 0.717) is 28.5 Å². The highest BCUT2D eigenvalue weighted by molar-refractivity contribution is 6.43. The molecule has 0 bridgehead atoms. The third-order valence-electron chi connectivity index (χ3n) is 3.85. The van der Waals surface area contributed by atoms with Crippen molar-refractivity contribution in [1.29, 1.82) is 0 Å². The fourth-order valence-electron chi connectivity index (χ4n) is 2.35. The van der Waals surface area contributed by atoms with Crippen LogP contribution < -0.4 is 15.5 Å². The number of carbonyl (C=O) groups excluding carboxylic acids is 2. The van der Waals surface area contributed by atoms with E-state index in [-0.39, 0.29) is 12.5 Å². The van der Waals surface area contributed by atoms with E-state index in [4.69, 9.17) is 27.9 Å². The summed E-state index contributed by atoms with van der Waals surface area (Å²) < 4.78 is 5.11. The molecule has 0 fully saturated rings. The van der Waals surface area contributed by atoms with Crippen molar-refractivity contribution < 1.29 is 14.3 Å². The van der Waals surface area contributed by atoms with Gasteiger partial charge in [-0.3, -0.25) is 9.59 Å². The van der Waals surface area contributed by atoms with Crippen molar-refractivity contribution in [3.8, 4) is 5.75 Å². The van der Waals surface area contributed by atoms with Crippen molar-refractivity contribution in [3.05, 3.63) is 63.6 Å². The van der Waals surface area contributed by atoms with Gasteiger partial charge in [-0.2, -0.15) is 5.10 Å². The fourth-order valence-corrected chi connectivity index (χ4v) is 2.70. The molecule has 28 heavy (non-hydrogen) atoms. The van der Waals surface area contributed by atoms with E-state index in [2.05, 4.69) is 15.8 Å². The molecule has 0 saturated heterocycles. The number of amides is 2. The molecule has 0 atom stereocenters. The van der Waals surface area contributed by atoms with E-state index < -0.39 is 5.91 Å². The predicted molar refractivity (Wildman–Crippen MR) is 111 cm³/mol. The van der Waals surface area contributed by atoms with Gasteiger partial charge in [0.15, 0.2) is 0 Å². The monoisotopic (exact) mass is 421 g/mol. The first-order valence-electron chi connectivity index (χ1n) is 8.65. The van der Waals surface area contributed by atoms with Crippen molar-refractivity contribution in [1.82, 2.24) is 10.7 Å². The van der Waals surface area contributed by atoms with Crippen molar-refractivity contribution >= 4 is 41.2 Å². The molecule has 0 unspecified atom stereocenters. The molecule has 6 nitrogen and oxygen atoms in total. The lowest BCUT2D eigenvalue weighted by Gasteiger charge is -2.05. The number of rotatable bonds is 9. The van der Waals surface area contributed by atoms with E-state index in [1.165, 1.54) is 6.21 Å². The minimum Gasteiger partial charge on any atom is -0.497 e. The Morgan fingerprint density at radius 1 is 1.11 bits per heavy atom. The zero-order chi connectivity index (χ0) is 20.4. The number of nitrogens with one attached hydrogen (secondary N) is 2. The molecule has 0 aliphatic carbocycles. The molecule has 0 radical (unpaired) electrons. The minimum atomic E-state index is -0.432. The Morgan fingerprint density at radius 2 is 1.86 bits per heavy atom. The molecule has 2 amide bonds. The van der Waals surface area contributed by atoms with Gasteiger partial charge in [-0.05, 0) is 36.6 Å². The smallest absolute Gasteiger partial charge is 0.259 e. The average Bonchev–Trinajstić information content (AvgIpc) is 2.70. The number of aryl methyl sites for hydroxylation is 1. The van der Waals surface area contributed by atoms with E-state index in [1.807, 2.05) is 24.3 Å². The molecule has 0 aliphatic heterocycles. The summed E-state index contributed by atoms with van der Waals surface area (Å²) in [7, 11) is 1.62. The van der Waals surface area contributed by atoms with E-state index in [0.717, 1.165) is 17.7 Å². The maximum absolute atomic E-state index is 11.8. The molecule has 0 heterocycles. The third-order valence-corrected chi connectivity index (χ3v) is 4.68. The first-order valence-corrected chi connectivity index (χ1v) is 9.40. The van der Waals surface area contributed by atoms with Gasteiger partial charge < -0.3 is 10.1 Å². The lowest BCUT2D eigenvalue weighted by molar-refractivity contribution is -0.126. The molecule has 148 valence electrons. The second kappa shape index (κ2) is 11.3. The number of methoxy groups -OCH3 is 1. The Morgan fingerprint density at radius 3 is 2.57 bits per heavy atom. The van der Waals surface area contributed by atoms with Gasteiger partial charge in [0, 0.05) is 12.0 Å². The summed E-state index contributed by atoms with van der Waals surface area (Å²) in [5.41, 5.74) is 4.03. The van der Waals surface area contributed by atoms with Gasteiger partial charge >= 0.3 is 0 Å². The number of benzene rings is 2. The van der Waals surface area contributed by atoms with E-state index in [9.17, 15) is 9.59 Å². The highest BCUT2D eigenvalue weighted by Crippen LogP contribution is 2.24. The number of hydrazone groups is 1. The number of hydrogen-bond acceptors (Lipinski definition) is 4. The highest BCUT2D eigenvalue weighted by Gasteiger charge is 2.06. The van der Waals surface area contributed by atoms with Crippen LogP contribution in [-0.4, -0.2) is 31.7 Å². The van der Waals surface area contributed by atoms with Crippen LogP contribution in [0.25, 0.3) is 0 Å².